The lowest BCUT2D eigenvalue weighted by atomic mass is 10.1. The van der Waals surface area contributed by atoms with E-state index >= 15 is 0 Å². The van der Waals surface area contributed by atoms with E-state index in [1.165, 1.54) is 16.8 Å². The molecule has 1 N–H and O–H groups in total. The van der Waals surface area contributed by atoms with Crippen molar-refractivity contribution in [2.45, 2.75) is 141 Å². The van der Waals surface area contributed by atoms with Crippen LogP contribution in [0.25, 0.3) is 4.85 Å². The quantitative estimate of drug-likeness (QED) is 0.267. The maximum Gasteiger partial charge on any atom is 0.388 e. The van der Waals surface area contributed by atoms with Crippen molar-refractivity contribution in [2.24, 2.45) is 0 Å². The first-order valence-corrected chi connectivity index (χ1v) is 22.8. The smallest absolute Gasteiger partial charge is 0.388 e. The van der Waals surface area contributed by atoms with Gasteiger partial charge in [-0.05, 0) is 54.4 Å². The van der Waals surface area contributed by atoms with Gasteiger partial charge in [0.1, 0.15) is 12.7 Å². The summed E-state index contributed by atoms with van der Waals surface area (Å²) in [5, 5.41) is -0.400. The lowest BCUT2D eigenvalue weighted by Gasteiger charge is -2.44. The Bertz CT molecular complexity index is 1210. The number of nitrogens with zero attached hydrogens (tertiary/aromatic N) is 2. The molecule has 9 nitrogen and oxygen atoms in total. The number of hydrogen-bond donors (Lipinski definition) is 1. The minimum absolute atomic E-state index is 0.0156. The fourth-order valence-corrected chi connectivity index (χ4v) is 7.20. The molecule has 1 unspecified atom stereocenters. The van der Waals surface area contributed by atoms with E-state index in [0.29, 0.717) is 0 Å². The van der Waals surface area contributed by atoms with Crippen LogP contribution in [0.5, 0.6) is 0 Å². The molecule has 1 aromatic rings. The highest BCUT2D eigenvalue weighted by Gasteiger charge is 2.67. The van der Waals surface area contributed by atoms with E-state index in [1.54, 1.807) is 0 Å². The molecule has 1 aliphatic heterocycles. The van der Waals surface area contributed by atoms with E-state index < -0.39 is 60.4 Å². The first-order chi connectivity index (χ1) is 17.7. The summed E-state index contributed by atoms with van der Waals surface area (Å²) >= 11 is 0. The van der Waals surface area contributed by atoms with Gasteiger partial charge >= 0.3 is 11.4 Å². The van der Waals surface area contributed by atoms with Crippen LogP contribution in [-0.4, -0.2) is 59.0 Å². The summed E-state index contributed by atoms with van der Waals surface area (Å²) in [6.45, 7) is 40.6. The average Bonchev–Trinajstić information content (AvgIpc) is 3.02. The molecule has 2 heterocycles. The van der Waals surface area contributed by atoms with Crippen molar-refractivity contribution in [1.82, 2.24) is 9.55 Å². The summed E-state index contributed by atoms with van der Waals surface area (Å²) in [7, 11) is -7.24. The molecule has 1 aromatic heterocycles. The predicted molar refractivity (Wildman–Crippen MR) is 168 cm³/mol. The van der Waals surface area contributed by atoms with Gasteiger partial charge in [0.2, 0.25) is 0 Å². The standard InChI is InChI=1S/C28H53N3O6Si3/c1-25(2,3)38(11,12)34-19-28(29-10)22(37-40(15,16)27(7,8)9)21(36-39(13,14)26(4,5)6)23(35-28)31-18-17-20(32)30-24(31)33/h17-18,21-23H,19H2,1-9,11-16H3,(H,30,32,33)/t21?,22-,23-,28-/m1/s1. The van der Waals surface area contributed by atoms with Gasteiger partial charge < -0.3 is 13.3 Å². The zero-order chi connectivity index (χ0) is 31.3. The number of H-pyrrole nitrogens is 1. The van der Waals surface area contributed by atoms with Crippen molar-refractivity contribution in [3.8, 4) is 0 Å². The van der Waals surface area contributed by atoms with Gasteiger partial charge in [0.05, 0.1) is 0 Å². The molecule has 0 spiro atoms. The third-order valence-corrected chi connectivity index (χ3v) is 23.0. The number of aromatic nitrogens is 2. The normalized spacial score (nSPS) is 25.2. The molecule has 0 aromatic carbocycles. The zero-order valence-corrected chi connectivity index (χ0v) is 30.4. The fraction of sp³-hybridized carbons (Fsp3) is 0.821. The number of ether oxygens (including phenoxy) is 1. The van der Waals surface area contributed by atoms with Crippen LogP contribution >= 0.6 is 0 Å². The zero-order valence-electron chi connectivity index (χ0n) is 27.4. The van der Waals surface area contributed by atoms with Gasteiger partial charge in [-0.3, -0.25) is 23.9 Å². The highest BCUT2D eigenvalue weighted by atomic mass is 28.4. The lowest BCUT2D eigenvalue weighted by Crippen LogP contribution is -2.58. The summed E-state index contributed by atoms with van der Waals surface area (Å²) in [6.07, 6.45) is -1.19. The Morgan fingerprint density at radius 3 is 1.80 bits per heavy atom. The molecule has 2 rings (SSSR count). The largest absolute Gasteiger partial charge is 0.406 e. The van der Waals surface area contributed by atoms with E-state index in [1.807, 2.05) is 0 Å². The van der Waals surface area contributed by atoms with Gasteiger partial charge in [-0.1, -0.05) is 62.3 Å². The second-order valence-electron chi connectivity index (χ2n) is 15.7. The minimum Gasteiger partial charge on any atom is -0.406 e. The van der Waals surface area contributed by atoms with Gasteiger partial charge in [0, 0.05) is 12.3 Å². The SMILES string of the molecule is [C-]#[N+][C@]1(CO[Si](C)(C)C(C)(C)C)O[C@@H](n2ccc(=O)[nH]c2=O)C(O[Si](C)(C)C(C)(C)C)[C@H]1O[Si](C)(C)C(C)(C)C. The molecule has 40 heavy (non-hydrogen) atoms. The maximum atomic E-state index is 13.1. The fourth-order valence-electron chi connectivity index (χ4n) is 3.62. The summed E-state index contributed by atoms with van der Waals surface area (Å²) < 4.78 is 28.6. The highest BCUT2D eigenvalue weighted by molar-refractivity contribution is 6.75. The third kappa shape index (κ3) is 6.99. The van der Waals surface area contributed by atoms with Crippen molar-refractivity contribution in [2.75, 3.05) is 6.61 Å². The average molecular weight is 612 g/mol. The van der Waals surface area contributed by atoms with Crippen LogP contribution in [0.2, 0.25) is 54.4 Å². The second-order valence-corrected chi connectivity index (χ2v) is 30.0. The molecule has 4 atom stereocenters. The van der Waals surface area contributed by atoms with E-state index in [-0.39, 0.29) is 21.7 Å². The molecule has 228 valence electrons. The summed E-state index contributed by atoms with van der Waals surface area (Å²) in [6, 6.07) is 1.28. The third-order valence-electron chi connectivity index (χ3n) is 9.57. The van der Waals surface area contributed by atoms with E-state index in [2.05, 4.69) is 111 Å². The molecule has 0 aliphatic carbocycles. The van der Waals surface area contributed by atoms with Crippen molar-refractivity contribution in [3.05, 3.63) is 44.5 Å². The molecule has 1 fully saturated rings. The van der Waals surface area contributed by atoms with Crippen LogP contribution in [0.15, 0.2) is 21.9 Å². The molecule has 0 amide bonds. The van der Waals surface area contributed by atoms with Crippen molar-refractivity contribution in [1.29, 1.82) is 0 Å². The van der Waals surface area contributed by atoms with Crippen LogP contribution < -0.4 is 11.2 Å². The minimum atomic E-state index is -2.48. The van der Waals surface area contributed by atoms with E-state index in [4.69, 9.17) is 24.6 Å². The molecular weight excluding hydrogens is 559 g/mol. The maximum absolute atomic E-state index is 13.1. The molecule has 1 saturated heterocycles. The van der Waals surface area contributed by atoms with Gasteiger partial charge in [-0.25, -0.2) is 11.4 Å². The van der Waals surface area contributed by atoms with Crippen molar-refractivity contribution in [3.63, 3.8) is 0 Å². The molecular formula is C28H53N3O6Si3. The lowest BCUT2D eigenvalue weighted by molar-refractivity contribution is -0.0964. The van der Waals surface area contributed by atoms with Crippen molar-refractivity contribution < 1.29 is 18.0 Å². The Hall–Kier alpha value is -1.34. The summed E-state index contributed by atoms with van der Waals surface area (Å²) in [4.78, 5) is 31.4. The summed E-state index contributed by atoms with van der Waals surface area (Å²) in [5.41, 5.74) is -2.69. The van der Waals surface area contributed by atoms with Crippen LogP contribution in [-0.2, 0) is 18.0 Å². The Morgan fingerprint density at radius 2 is 1.38 bits per heavy atom. The molecule has 1 aliphatic rings. The number of nitrogens with one attached hydrogen (secondary N) is 1. The van der Waals surface area contributed by atoms with Gasteiger partial charge in [0.15, 0.2) is 37.3 Å². The van der Waals surface area contributed by atoms with Crippen LogP contribution in [0, 0.1) is 6.57 Å². The summed E-state index contributed by atoms with van der Waals surface area (Å²) in [5.74, 6) is 0. The predicted octanol–water partition coefficient (Wildman–Crippen LogP) is 6.48. The van der Waals surface area contributed by atoms with Crippen LogP contribution in [0.1, 0.15) is 68.5 Å². The van der Waals surface area contributed by atoms with Crippen LogP contribution in [0.3, 0.4) is 0 Å². The molecule has 0 bridgehead atoms. The Morgan fingerprint density at radius 1 is 0.900 bits per heavy atom. The molecule has 0 radical (unpaired) electrons. The van der Waals surface area contributed by atoms with Crippen LogP contribution in [0.4, 0.5) is 0 Å². The van der Waals surface area contributed by atoms with Gasteiger partial charge in [0.25, 0.3) is 5.56 Å². The monoisotopic (exact) mass is 611 g/mol. The molecule has 12 heteroatoms. The van der Waals surface area contributed by atoms with Crippen molar-refractivity contribution >= 4 is 25.0 Å². The Labute approximate surface area is 244 Å². The topological polar surface area (TPSA) is 96.1 Å². The number of rotatable bonds is 8. The second kappa shape index (κ2) is 11.1. The Kier molecular flexibility index (Phi) is 9.64. The number of hydrogen-bond acceptors (Lipinski definition) is 6. The van der Waals surface area contributed by atoms with E-state index in [9.17, 15) is 9.59 Å². The first-order valence-electron chi connectivity index (χ1n) is 14.1. The van der Waals surface area contributed by atoms with Gasteiger partial charge in [-0.2, -0.15) is 0 Å². The first kappa shape index (κ1) is 34.9. The Balaban J connectivity index is 2.82. The molecule has 0 saturated carbocycles. The highest BCUT2D eigenvalue weighted by Crippen LogP contribution is 2.50. The van der Waals surface area contributed by atoms with E-state index in [0.717, 1.165) is 0 Å². The van der Waals surface area contributed by atoms with Gasteiger partial charge in [-0.15, -0.1) is 0 Å². The number of aromatic amines is 1.